The quantitative estimate of drug-likeness (QED) is 0.268. The van der Waals surface area contributed by atoms with Gasteiger partial charge in [0.15, 0.2) is 23.1 Å². The molecule has 0 unspecified atom stereocenters. The van der Waals surface area contributed by atoms with Crippen molar-refractivity contribution in [3.05, 3.63) is 136 Å². The minimum absolute atomic E-state index is 0.0111. The minimum Gasteiger partial charge on any atom is -0.482 e. The van der Waals surface area contributed by atoms with E-state index in [4.69, 9.17) is 14.2 Å². The van der Waals surface area contributed by atoms with Crippen LogP contribution in [0.3, 0.4) is 0 Å². The average Bonchev–Trinajstić information content (AvgIpc) is 3.31. The molecule has 3 aliphatic heterocycles. The Morgan fingerprint density at radius 3 is 2.55 bits per heavy atom. The van der Waals surface area contributed by atoms with E-state index in [0.29, 0.717) is 43.2 Å². The average molecular weight is 691 g/mol. The lowest BCUT2D eigenvalue weighted by molar-refractivity contribution is -0.00327. The molecule has 7 rings (SSSR count). The number of amides is 2. The van der Waals surface area contributed by atoms with Gasteiger partial charge in [-0.3, -0.25) is 14.3 Å². The van der Waals surface area contributed by atoms with Gasteiger partial charge in [-0.1, -0.05) is 36.4 Å². The third-order valence-corrected chi connectivity index (χ3v) is 8.97. The van der Waals surface area contributed by atoms with Crippen LogP contribution in [-0.2, 0) is 23.5 Å². The van der Waals surface area contributed by atoms with E-state index < -0.39 is 17.7 Å². The zero-order valence-electron chi connectivity index (χ0n) is 27.1. The van der Waals surface area contributed by atoms with E-state index in [1.807, 2.05) is 24.3 Å². The highest BCUT2D eigenvalue weighted by atomic mass is 32.2. The predicted molar refractivity (Wildman–Crippen MR) is 183 cm³/mol. The van der Waals surface area contributed by atoms with Gasteiger partial charge in [0.2, 0.25) is 5.43 Å². The second-order valence-electron chi connectivity index (χ2n) is 11.2. The molecule has 49 heavy (non-hydrogen) atoms. The number of fused-ring (bicyclic) bond motifs is 4. The summed E-state index contributed by atoms with van der Waals surface area (Å²) in [5.41, 5.74) is 6.27. The van der Waals surface area contributed by atoms with E-state index in [0.717, 1.165) is 16.0 Å². The summed E-state index contributed by atoms with van der Waals surface area (Å²) in [5, 5.41) is 0. The monoisotopic (exact) mass is 690 g/mol. The van der Waals surface area contributed by atoms with Crippen LogP contribution in [0, 0.1) is 11.6 Å². The zero-order chi connectivity index (χ0) is 35.1. The van der Waals surface area contributed by atoms with Crippen LogP contribution in [0.2, 0.25) is 0 Å². The van der Waals surface area contributed by atoms with Crippen molar-refractivity contribution in [1.29, 1.82) is 0 Å². The normalized spacial score (nSPS) is 15.6. The molecule has 3 aromatic carbocycles. The van der Waals surface area contributed by atoms with E-state index in [1.165, 1.54) is 33.5 Å². The predicted octanol–water partition coefficient (Wildman–Crippen LogP) is 5.81. The first-order valence-electron chi connectivity index (χ1n) is 15.4. The number of pyridine rings is 1. The summed E-state index contributed by atoms with van der Waals surface area (Å²) in [6, 6.07) is 19.0. The first-order chi connectivity index (χ1) is 23.7. The fraction of sp³-hybridized carbons (Fsp3) is 0.250. The smallest absolute Gasteiger partial charge is 0.414 e. The number of halogens is 2. The van der Waals surface area contributed by atoms with Crippen molar-refractivity contribution in [3.8, 4) is 11.5 Å². The maximum Gasteiger partial charge on any atom is 0.414 e. The van der Waals surface area contributed by atoms with Crippen LogP contribution in [0.15, 0.2) is 95.8 Å². The van der Waals surface area contributed by atoms with Crippen molar-refractivity contribution in [2.75, 3.05) is 39.3 Å². The van der Waals surface area contributed by atoms with Gasteiger partial charge in [0, 0.05) is 49.1 Å². The molecule has 256 valence electrons. The number of hydrogen-bond acceptors (Lipinski definition) is 8. The number of ether oxygens (including phenoxy) is 3. The number of benzene rings is 3. The fourth-order valence-electron chi connectivity index (χ4n) is 5.32. The highest BCUT2D eigenvalue weighted by Gasteiger charge is 2.37. The lowest BCUT2D eigenvalue weighted by Crippen LogP contribution is -2.59. The molecule has 1 saturated heterocycles. The Bertz CT molecular complexity index is 1880. The molecule has 4 heterocycles. The maximum atomic E-state index is 13.7. The molecule has 1 aromatic heterocycles. The summed E-state index contributed by atoms with van der Waals surface area (Å²) in [4.78, 5) is 41.1. The first-order valence-corrected chi connectivity index (χ1v) is 16.4. The lowest BCUT2D eigenvalue weighted by atomic mass is 10.0. The summed E-state index contributed by atoms with van der Waals surface area (Å²) in [5.74, 6) is -0.843. The number of hydrogen-bond donors (Lipinski definition) is 1. The molecule has 0 spiro atoms. The van der Waals surface area contributed by atoms with Crippen LogP contribution in [-0.4, -0.2) is 66.5 Å². The van der Waals surface area contributed by atoms with Crippen molar-refractivity contribution in [2.45, 2.75) is 29.8 Å². The summed E-state index contributed by atoms with van der Waals surface area (Å²) < 4.78 is 44.7. The van der Waals surface area contributed by atoms with Crippen molar-refractivity contribution in [3.63, 3.8) is 0 Å². The van der Waals surface area contributed by atoms with Gasteiger partial charge in [-0.2, -0.15) is 0 Å². The largest absolute Gasteiger partial charge is 0.482 e. The maximum absolute atomic E-state index is 13.7. The van der Waals surface area contributed by atoms with E-state index in [1.54, 1.807) is 61.1 Å². The molecule has 10 nitrogen and oxygen atoms in total. The van der Waals surface area contributed by atoms with Gasteiger partial charge in [-0.15, -0.1) is 24.9 Å². The van der Waals surface area contributed by atoms with Gasteiger partial charge >= 0.3 is 6.09 Å². The fourth-order valence-corrected chi connectivity index (χ4v) is 6.43. The van der Waals surface area contributed by atoms with Gasteiger partial charge in [0.1, 0.15) is 18.5 Å². The first kappa shape index (κ1) is 35.2. The minimum atomic E-state index is -0.754. The van der Waals surface area contributed by atoms with E-state index in [9.17, 15) is 23.2 Å². The van der Waals surface area contributed by atoms with Crippen molar-refractivity contribution < 1.29 is 32.6 Å². The highest BCUT2D eigenvalue weighted by Crippen LogP contribution is 2.35. The van der Waals surface area contributed by atoms with Gasteiger partial charge < -0.3 is 29.4 Å². The summed E-state index contributed by atoms with van der Waals surface area (Å²) in [6.07, 6.45) is 1.43. The van der Waals surface area contributed by atoms with E-state index in [-0.39, 0.29) is 35.6 Å². The molecule has 1 fully saturated rings. The Morgan fingerprint density at radius 2 is 1.80 bits per heavy atom. The third-order valence-electron chi connectivity index (χ3n) is 7.83. The summed E-state index contributed by atoms with van der Waals surface area (Å²) in [6.45, 7) is 7.33. The molecule has 0 aliphatic carbocycles. The molecule has 13 heteroatoms. The highest BCUT2D eigenvalue weighted by molar-refractivity contribution is 7.98. The Labute approximate surface area is 286 Å². The van der Waals surface area contributed by atoms with Crippen LogP contribution >= 0.6 is 11.8 Å². The Morgan fingerprint density at radius 1 is 1.04 bits per heavy atom. The number of nitrogens with one attached hydrogen (secondary N) is 1. The molecular weight excluding hydrogens is 654 g/mol. The number of thioether (sulfide) groups is 1. The van der Waals surface area contributed by atoms with Gasteiger partial charge in [-0.25, -0.2) is 13.6 Å². The number of aromatic nitrogens is 1. The van der Waals surface area contributed by atoms with Crippen molar-refractivity contribution in [1.82, 2.24) is 14.5 Å². The Kier molecular flexibility index (Phi) is 11.4. The molecule has 0 bridgehead atoms. The lowest BCUT2D eigenvalue weighted by Gasteiger charge is -2.41. The number of carbonyl (C=O) groups excluding carboxylic acids is 2. The third kappa shape index (κ3) is 7.95. The molecule has 0 saturated carbocycles. The molecule has 1 N–H and O–H groups in total. The van der Waals surface area contributed by atoms with Crippen molar-refractivity contribution in [2.24, 2.45) is 0 Å². The standard InChI is InChI=1S/C20H22N4O6.C14H10F2S.C2H4/c1-22(2)20(27)30-14-5-3-13(4-6-14)11-29-18-15(25)7-8-24-17(18)19(26)23-9-10-28-12-16(23)21-24;15-12-6-5-9-7-10-3-1-2-4-13(10)17-8-11(9)14(12)16;1-2/h3-8,16,21H,9-12H2,1-2H3;1-6H,7-8H2;1-2H2/t16-;;/m0../s1. The second-order valence-corrected chi connectivity index (χ2v) is 12.2. The van der Waals surface area contributed by atoms with Gasteiger partial charge in [0.05, 0.1) is 13.2 Å². The van der Waals surface area contributed by atoms with Gasteiger partial charge in [0.25, 0.3) is 5.91 Å². The van der Waals surface area contributed by atoms with Crippen LogP contribution in [0.25, 0.3) is 0 Å². The van der Waals surface area contributed by atoms with E-state index in [2.05, 4.69) is 18.6 Å². The Balaban J connectivity index is 0.000000208. The molecule has 0 radical (unpaired) electrons. The van der Waals surface area contributed by atoms with Crippen molar-refractivity contribution >= 4 is 23.8 Å². The number of rotatable bonds is 4. The summed E-state index contributed by atoms with van der Waals surface area (Å²) >= 11 is 1.57. The van der Waals surface area contributed by atoms with Crippen LogP contribution < -0.4 is 20.3 Å². The molecule has 2 amide bonds. The van der Waals surface area contributed by atoms with Gasteiger partial charge in [-0.05, 0) is 47.4 Å². The number of morpholine rings is 1. The van der Waals surface area contributed by atoms with Crippen LogP contribution in [0.1, 0.15) is 32.7 Å². The number of carbonyl (C=O) groups is 2. The van der Waals surface area contributed by atoms with Crippen LogP contribution in [0.5, 0.6) is 11.5 Å². The molecular formula is C36H36F2N4O6S. The Hall–Kier alpha value is -5.14. The topological polar surface area (TPSA) is 102 Å². The SMILES string of the molecule is C=C.CN(C)C(=O)Oc1ccc(COc2c3n(ccc2=O)N[C@@H]2COCCN2C3=O)cc1.Fc1ccc2c(c1F)CSc1ccccc1C2. The second kappa shape index (κ2) is 15.8. The molecule has 1 atom stereocenters. The van der Waals surface area contributed by atoms with Crippen LogP contribution in [0.4, 0.5) is 13.6 Å². The number of nitrogens with zero attached hydrogens (tertiary/aromatic N) is 3. The summed E-state index contributed by atoms with van der Waals surface area (Å²) in [7, 11) is 3.19. The van der Waals surface area contributed by atoms with E-state index >= 15 is 0 Å². The zero-order valence-corrected chi connectivity index (χ0v) is 27.9. The molecule has 4 aromatic rings. The molecule has 3 aliphatic rings.